The maximum Gasteiger partial charge on any atom is 0.316 e. The first kappa shape index (κ1) is 12.0. The van der Waals surface area contributed by atoms with Crippen molar-refractivity contribution in [2.75, 3.05) is 26.6 Å². The van der Waals surface area contributed by atoms with Gasteiger partial charge in [0.1, 0.15) is 0 Å². The highest BCUT2D eigenvalue weighted by Gasteiger charge is 2.13. The molecule has 0 aliphatic carbocycles. The average Bonchev–Trinajstić information content (AvgIpc) is 2.26. The molecule has 0 saturated heterocycles. The van der Waals surface area contributed by atoms with Gasteiger partial charge in [0.05, 0.1) is 27.0 Å². The number of hydrogen-bond acceptors (Lipinski definition) is 4. The number of nitrogens with two attached hydrogens (primary N) is 1. The largest absolute Gasteiger partial charge is 0.493 e. The first-order chi connectivity index (χ1) is 7.62. The molecular weight excluding hydrogens is 212 g/mol. The fraction of sp³-hybridized carbons (Fsp3) is 0.300. The molecule has 1 aromatic rings. The van der Waals surface area contributed by atoms with E-state index in [0.717, 1.165) is 0 Å². The molecule has 3 N–H and O–H groups in total. The molecule has 6 heteroatoms. The number of carbonyl (C=O) groups excluding carboxylic acids is 1. The molecule has 88 valence electrons. The molecule has 0 bridgehead atoms. The molecule has 0 aliphatic rings. The first-order valence-corrected chi connectivity index (χ1v) is 4.48. The highest BCUT2D eigenvalue weighted by atomic mass is 16.5. The Morgan fingerprint density at radius 2 is 1.62 bits per heavy atom. The van der Waals surface area contributed by atoms with Crippen molar-refractivity contribution in [2.45, 2.75) is 0 Å². The monoisotopic (exact) mass is 226 g/mol. The van der Waals surface area contributed by atoms with Gasteiger partial charge in [0.2, 0.25) is 5.75 Å². The summed E-state index contributed by atoms with van der Waals surface area (Å²) in [7, 11) is 4.48. The molecule has 0 saturated carbocycles. The Morgan fingerprint density at radius 1 is 1.12 bits per heavy atom. The Balaban J connectivity index is 3.20. The molecule has 0 radical (unpaired) electrons. The number of rotatable bonds is 4. The molecule has 2 amide bonds. The first-order valence-electron chi connectivity index (χ1n) is 4.48. The second-order valence-electron chi connectivity index (χ2n) is 2.90. The maximum absolute atomic E-state index is 10.7. The van der Waals surface area contributed by atoms with E-state index in [2.05, 4.69) is 5.32 Å². The number of urea groups is 1. The molecule has 1 rings (SSSR count). The molecule has 1 aromatic carbocycles. The van der Waals surface area contributed by atoms with Gasteiger partial charge in [0.25, 0.3) is 0 Å². The van der Waals surface area contributed by atoms with Crippen molar-refractivity contribution in [1.82, 2.24) is 0 Å². The molecule has 0 atom stereocenters. The van der Waals surface area contributed by atoms with Crippen LogP contribution >= 0.6 is 0 Å². The van der Waals surface area contributed by atoms with E-state index in [1.165, 1.54) is 21.3 Å². The molecule has 0 fully saturated rings. The fourth-order valence-electron chi connectivity index (χ4n) is 1.30. The van der Waals surface area contributed by atoms with Gasteiger partial charge in [0, 0.05) is 12.1 Å². The van der Waals surface area contributed by atoms with Crippen LogP contribution in [0.5, 0.6) is 17.2 Å². The van der Waals surface area contributed by atoms with Crippen LogP contribution < -0.4 is 25.3 Å². The minimum atomic E-state index is -0.658. The van der Waals surface area contributed by atoms with Gasteiger partial charge >= 0.3 is 6.03 Å². The Hall–Kier alpha value is -2.11. The molecule has 16 heavy (non-hydrogen) atoms. The Bertz CT molecular complexity index is 367. The van der Waals surface area contributed by atoms with Gasteiger partial charge in [-0.05, 0) is 0 Å². The number of benzene rings is 1. The van der Waals surface area contributed by atoms with Gasteiger partial charge in [0.15, 0.2) is 11.5 Å². The third-order valence-corrected chi connectivity index (χ3v) is 1.93. The van der Waals surface area contributed by atoms with Crippen molar-refractivity contribution in [2.24, 2.45) is 5.73 Å². The van der Waals surface area contributed by atoms with Crippen molar-refractivity contribution < 1.29 is 19.0 Å². The number of methoxy groups -OCH3 is 3. The van der Waals surface area contributed by atoms with Crippen LogP contribution in [0.3, 0.4) is 0 Å². The van der Waals surface area contributed by atoms with Crippen LogP contribution in [-0.4, -0.2) is 27.4 Å². The van der Waals surface area contributed by atoms with Crippen molar-refractivity contribution in [3.05, 3.63) is 12.1 Å². The van der Waals surface area contributed by atoms with Crippen LogP contribution in [0, 0.1) is 0 Å². The normalized spacial score (nSPS) is 9.44. The zero-order valence-corrected chi connectivity index (χ0v) is 9.37. The minimum Gasteiger partial charge on any atom is -0.493 e. The summed E-state index contributed by atoms with van der Waals surface area (Å²) >= 11 is 0. The standard InChI is InChI=1S/C10H14N2O4/c1-14-7-4-6(12-10(11)13)5-8(15-2)9(7)16-3/h4-5H,1-3H3,(H3,11,12,13). The van der Waals surface area contributed by atoms with E-state index in [-0.39, 0.29) is 0 Å². The smallest absolute Gasteiger partial charge is 0.316 e. The number of carbonyl (C=O) groups is 1. The fourth-order valence-corrected chi connectivity index (χ4v) is 1.30. The Morgan fingerprint density at radius 3 is 1.94 bits per heavy atom. The number of primary amides is 1. The van der Waals surface area contributed by atoms with Crippen molar-refractivity contribution in [3.63, 3.8) is 0 Å². The number of amides is 2. The van der Waals surface area contributed by atoms with Crippen LogP contribution in [0.25, 0.3) is 0 Å². The summed E-state index contributed by atoms with van der Waals surface area (Å²) < 4.78 is 15.3. The third-order valence-electron chi connectivity index (χ3n) is 1.93. The molecule has 0 unspecified atom stereocenters. The van der Waals surface area contributed by atoms with E-state index < -0.39 is 6.03 Å². The highest BCUT2D eigenvalue weighted by molar-refractivity contribution is 5.88. The SMILES string of the molecule is COc1cc(NC(N)=O)cc(OC)c1OC. The zero-order valence-electron chi connectivity index (χ0n) is 9.37. The molecule has 0 aliphatic heterocycles. The summed E-state index contributed by atoms with van der Waals surface area (Å²) in [5.41, 5.74) is 5.49. The Kier molecular flexibility index (Phi) is 3.82. The van der Waals surface area contributed by atoms with Crippen molar-refractivity contribution in [3.8, 4) is 17.2 Å². The number of nitrogens with one attached hydrogen (secondary N) is 1. The van der Waals surface area contributed by atoms with E-state index in [1.54, 1.807) is 12.1 Å². The van der Waals surface area contributed by atoms with Crippen LogP contribution in [0.4, 0.5) is 10.5 Å². The van der Waals surface area contributed by atoms with E-state index in [1.807, 2.05) is 0 Å². The third kappa shape index (κ3) is 2.47. The van der Waals surface area contributed by atoms with Crippen molar-refractivity contribution in [1.29, 1.82) is 0 Å². The number of ether oxygens (including phenoxy) is 3. The van der Waals surface area contributed by atoms with E-state index in [9.17, 15) is 4.79 Å². The van der Waals surface area contributed by atoms with Crippen LogP contribution in [0.2, 0.25) is 0 Å². The molecule has 0 aromatic heterocycles. The highest BCUT2D eigenvalue weighted by Crippen LogP contribution is 2.39. The lowest BCUT2D eigenvalue weighted by Gasteiger charge is -2.13. The van der Waals surface area contributed by atoms with E-state index in [4.69, 9.17) is 19.9 Å². The second kappa shape index (κ2) is 5.11. The zero-order chi connectivity index (χ0) is 12.1. The predicted octanol–water partition coefficient (Wildman–Crippen LogP) is 1.20. The summed E-state index contributed by atoms with van der Waals surface area (Å²) in [6.45, 7) is 0. The lowest BCUT2D eigenvalue weighted by Crippen LogP contribution is -2.19. The van der Waals surface area contributed by atoms with Crippen LogP contribution in [0.15, 0.2) is 12.1 Å². The van der Waals surface area contributed by atoms with Gasteiger partial charge in [-0.3, -0.25) is 0 Å². The summed E-state index contributed by atoms with van der Waals surface area (Å²) in [5, 5.41) is 2.43. The minimum absolute atomic E-state index is 0.450. The quantitative estimate of drug-likeness (QED) is 0.808. The van der Waals surface area contributed by atoms with Gasteiger partial charge in [-0.2, -0.15) is 0 Å². The maximum atomic E-state index is 10.7. The number of anilines is 1. The molecular formula is C10H14N2O4. The lowest BCUT2D eigenvalue weighted by atomic mass is 10.2. The summed E-state index contributed by atoms with van der Waals surface area (Å²) in [6, 6.07) is 2.52. The molecule has 6 nitrogen and oxygen atoms in total. The summed E-state index contributed by atoms with van der Waals surface area (Å²) in [6.07, 6.45) is 0. The summed E-state index contributed by atoms with van der Waals surface area (Å²) in [5.74, 6) is 1.36. The average molecular weight is 226 g/mol. The topological polar surface area (TPSA) is 82.8 Å². The molecule has 0 spiro atoms. The van der Waals surface area contributed by atoms with Gasteiger partial charge in [-0.1, -0.05) is 0 Å². The summed E-state index contributed by atoms with van der Waals surface area (Å²) in [4.78, 5) is 10.7. The van der Waals surface area contributed by atoms with E-state index >= 15 is 0 Å². The van der Waals surface area contributed by atoms with Gasteiger partial charge < -0.3 is 25.3 Å². The van der Waals surface area contributed by atoms with Crippen LogP contribution in [-0.2, 0) is 0 Å². The Labute approximate surface area is 93.3 Å². The van der Waals surface area contributed by atoms with Crippen LogP contribution in [0.1, 0.15) is 0 Å². The molecule has 0 heterocycles. The lowest BCUT2D eigenvalue weighted by molar-refractivity contribution is 0.259. The van der Waals surface area contributed by atoms with Gasteiger partial charge in [-0.25, -0.2) is 4.79 Å². The second-order valence-corrected chi connectivity index (χ2v) is 2.90. The van der Waals surface area contributed by atoms with Gasteiger partial charge in [-0.15, -0.1) is 0 Å². The number of hydrogen-bond donors (Lipinski definition) is 2. The van der Waals surface area contributed by atoms with E-state index in [0.29, 0.717) is 22.9 Å². The predicted molar refractivity (Wildman–Crippen MR) is 59.3 cm³/mol. The van der Waals surface area contributed by atoms with Crippen molar-refractivity contribution >= 4 is 11.7 Å².